The Balaban J connectivity index is 0.000000230. The maximum absolute atomic E-state index is 12.9. The minimum absolute atomic E-state index is 0.0894. The Labute approximate surface area is 260 Å². The summed E-state index contributed by atoms with van der Waals surface area (Å²) in [6.07, 6.45) is 9.62. The van der Waals surface area contributed by atoms with Crippen LogP contribution in [0.3, 0.4) is 0 Å². The number of benzene rings is 2. The summed E-state index contributed by atoms with van der Waals surface area (Å²) in [5, 5.41) is 3.97. The fraction of sp³-hybridized carbons (Fsp3) is 0.500. The molecule has 7 heteroatoms. The van der Waals surface area contributed by atoms with E-state index in [0.717, 1.165) is 60.9 Å². The number of aromatic nitrogens is 2. The molecule has 2 aliphatic heterocycles. The van der Waals surface area contributed by atoms with E-state index in [9.17, 15) is 4.79 Å². The van der Waals surface area contributed by atoms with Crippen LogP contribution in [0.1, 0.15) is 87.0 Å². The number of amides is 1. The summed E-state index contributed by atoms with van der Waals surface area (Å²) in [4.78, 5) is 25.1. The molecule has 1 amide bonds. The van der Waals surface area contributed by atoms with Gasteiger partial charge in [-0.1, -0.05) is 56.3 Å². The lowest BCUT2D eigenvalue weighted by Crippen LogP contribution is -2.65. The van der Waals surface area contributed by atoms with E-state index in [1.54, 1.807) is 11.3 Å². The largest absolute Gasteiger partial charge is 0.342 e. The smallest absolute Gasteiger partial charge is 0.254 e. The monoisotopic (exact) mass is 597 g/mol. The van der Waals surface area contributed by atoms with Gasteiger partial charge in [0.25, 0.3) is 5.91 Å². The van der Waals surface area contributed by atoms with Gasteiger partial charge >= 0.3 is 0 Å². The Hall–Kier alpha value is -3.00. The van der Waals surface area contributed by atoms with Gasteiger partial charge in [0, 0.05) is 36.6 Å². The van der Waals surface area contributed by atoms with E-state index in [2.05, 4.69) is 50.1 Å². The van der Waals surface area contributed by atoms with E-state index >= 15 is 0 Å². The second kappa shape index (κ2) is 12.2. The quantitative estimate of drug-likeness (QED) is 0.237. The predicted octanol–water partition coefficient (Wildman–Crippen LogP) is 7.31. The zero-order chi connectivity index (χ0) is 30.1. The van der Waals surface area contributed by atoms with E-state index in [4.69, 9.17) is 5.73 Å². The summed E-state index contributed by atoms with van der Waals surface area (Å²) in [6.45, 7) is 8.80. The summed E-state index contributed by atoms with van der Waals surface area (Å²) < 4.78 is 0. The summed E-state index contributed by atoms with van der Waals surface area (Å²) in [5.74, 6) is 1.17. The standard InChI is InChI=1S/C26H33N3OS.C8H8N2.C2H6/c27-25-9-4-7-22-26(25,11-10-25)29(22)17-14-24(21-5-2-1-3-6-21)12-15-28(16-13-24)23(30)20-8-18-31-19-20;1-6-9-7-4-2-3-5-8(7)10-6;1-2/h1-3,5-6,8,18-19,22H,4,7,9-17,27H2;2-5H,1H3,(H,9,10);1-2H3. The minimum Gasteiger partial charge on any atom is -0.342 e. The second-order valence-corrected chi connectivity index (χ2v) is 13.5. The molecule has 4 aromatic rings. The number of para-hydroxylation sites is 2. The van der Waals surface area contributed by atoms with Gasteiger partial charge in [0.2, 0.25) is 0 Å². The number of aryl methyl sites for hydroxylation is 1. The molecular formula is C36H47N5OS. The van der Waals surface area contributed by atoms with Crippen LogP contribution in [0.25, 0.3) is 11.0 Å². The van der Waals surface area contributed by atoms with Crippen molar-refractivity contribution in [3.05, 3.63) is 88.4 Å². The van der Waals surface area contributed by atoms with Crippen LogP contribution in [0.5, 0.6) is 0 Å². The normalized spacial score (nSPS) is 28.2. The number of nitrogens with two attached hydrogens (primary N) is 1. The fourth-order valence-corrected chi connectivity index (χ4v) is 9.01. The molecule has 2 aliphatic carbocycles. The molecule has 4 heterocycles. The van der Waals surface area contributed by atoms with Gasteiger partial charge in [-0.05, 0) is 92.8 Å². The molecule has 228 valence electrons. The topological polar surface area (TPSA) is 78.0 Å². The Kier molecular flexibility index (Phi) is 8.51. The first-order valence-corrected chi connectivity index (χ1v) is 17.2. The Morgan fingerprint density at radius 2 is 1.74 bits per heavy atom. The van der Waals surface area contributed by atoms with Crippen molar-refractivity contribution in [2.24, 2.45) is 5.73 Å². The van der Waals surface area contributed by atoms with Crippen molar-refractivity contribution in [2.75, 3.05) is 19.6 Å². The van der Waals surface area contributed by atoms with E-state index in [1.807, 2.05) is 61.9 Å². The molecule has 4 fully saturated rings. The molecule has 4 aliphatic rings. The number of carbonyl (C=O) groups excluding carboxylic acids is 1. The Morgan fingerprint density at radius 1 is 1.00 bits per heavy atom. The molecule has 8 rings (SSSR count). The first-order valence-electron chi connectivity index (χ1n) is 16.3. The molecule has 2 aromatic heterocycles. The van der Waals surface area contributed by atoms with Gasteiger partial charge in [-0.2, -0.15) is 11.3 Å². The zero-order valence-electron chi connectivity index (χ0n) is 26.0. The third-order valence-corrected chi connectivity index (χ3v) is 11.5. The van der Waals surface area contributed by atoms with Crippen molar-refractivity contribution in [3.8, 4) is 0 Å². The van der Waals surface area contributed by atoms with Crippen LogP contribution >= 0.6 is 11.3 Å². The van der Waals surface area contributed by atoms with Gasteiger partial charge in [-0.25, -0.2) is 4.98 Å². The van der Waals surface area contributed by atoms with E-state index < -0.39 is 0 Å². The van der Waals surface area contributed by atoms with Crippen molar-refractivity contribution in [3.63, 3.8) is 0 Å². The highest BCUT2D eigenvalue weighted by atomic mass is 32.1. The van der Waals surface area contributed by atoms with Crippen molar-refractivity contribution >= 4 is 28.3 Å². The molecule has 1 spiro atoms. The maximum Gasteiger partial charge on any atom is 0.254 e. The number of fused-ring (bicyclic) bond motifs is 1. The van der Waals surface area contributed by atoms with Gasteiger partial charge in [-0.15, -0.1) is 0 Å². The number of nitrogens with one attached hydrogen (secondary N) is 1. The predicted molar refractivity (Wildman–Crippen MR) is 178 cm³/mol. The van der Waals surface area contributed by atoms with E-state index in [-0.39, 0.29) is 16.9 Å². The van der Waals surface area contributed by atoms with Gasteiger partial charge < -0.3 is 15.6 Å². The summed E-state index contributed by atoms with van der Waals surface area (Å²) in [6, 6.07) is 21.8. The van der Waals surface area contributed by atoms with E-state index in [1.165, 1.54) is 44.1 Å². The van der Waals surface area contributed by atoms with Crippen LogP contribution in [0.2, 0.25) is 0 Å². The van der Waals surface area contributed by atoms with Crippen LogP contribution < -0.4 is 5.73 Å². The minimum atomic E-state index is 0.0894. The second-order valence-electron chi connectivity index (χ2n) is 12.7. The average Bonchev–Trinajstić information content (AvgIpc) is 3.32. The number of hydrogen-bond donors (Lipinski definition) is 2. The van der Waals surface area contributed by atoms with Crippen molar-refractivity contribution in [1.29, 1.82) is 0 Å². The highest BCUT2D eigenvalue weighted by molar-refractivity contribution is 7.08. The first-order chi connectivity index (χ1) is 20.9. The molecule has 2 aromatic carbocycles. The van der Waals surface area contributed by atoms with Crippen LogP contribution in [0, 0.1) is 6.92 Å². The lowest BCUT2D eigenvalue weighted by molar-refractivity contribution is 0.0641. The molecule has 4 unspecified atom stereocenters. The number of thiophene rings is 1. The zero-order valence-corrected chi connectivity index (χ0v) is 26.8. The van der Waals surface area contributed by atoms with Gasteiger partial charge in [0.15, 0.2) is 0 Å². The van der Waals surface area contributed by atoms with Crippen LogP contribution in [0.4, 0.5) is 0 Å². The van der Waals surface area contributed by atoms with Crippen molar-refractivity contribution < 1.29 is 4.79 Å². The van der Waals surface area contributed by atoms with Gasteiger partial charge in [-0.3, -0.25) is 9.69 Å². The SMILES string of the molecule is CC.Cc1nc2ccccc2[nH]1.NC12CCCC3N(CCC4(c5ccccc5)CCN(C(=O)c5ccsc5)CC4)C31CC2. The van der Waals surface area contributed by atoms with Crippen LogP contribution in [0.15, 0.2) is 71.4 Å². The number of H-pyrrole nitrogens is 1. The Morgan fingerprint density at radius 3 is 2.40 bits per heavy atom. The number of likely N-dealkylation sites (tertiary alicyclic amines) is 2. The van der Waals surface area contributed by atoms with Crippen molar-refractivity contribution in [1.82, 2.24) is 19.8 Å². The number of carbonyl (C=O) groups is 1. The number of piperidine rings is 1. The number of rotatable bonds is 5. The molecule has 6 nitrogen and oxygen atoms in total. The molecule has 0 radical (unpaired) electrons. The van der Waals surface area contributed by atoms with Crippen molar-refractivity contribution in [2.45, 2.75) is 94.7 Å². The molecule has 4 atom stereocenters. The third kappa shape index (κ3) is 5.34. The molecular weight excluding hydrogens is 550 g/mol. The van der Waals surface area contributed by atoms with Gasteiger partial charge in [0.05, 0.1) is 22.1 Å². The average molecular weight is 598 g/mol. The summed E-state index contributed by atoms with van der Waals surface area (Å²) >= 11 is 1.60. The maximum atomic E-state index is 12.9. The lowest BCUT2D eigenvalue weighted by Gasteiger charge is -2.51. The van der Waals surface area contributed by atoms with Gasteiger partial charge in [0.1, 0.15) is 5.82 Å². The highest BCUT2D eigenvalue weighted by Gasteiger charge is 2.76. The van der Waals surface area contributed by atoms with Crippen LogP contribution in [-0.4, -0.2) is 62.4 Å². The number of imidazole rings is 1. The molecule has 3 N–H and O–H groups in total. The molecule has 2 saturated carbocycles. The lowest BCUT2D eigenvalue weighted by atomic mass is 9.59. The number of nitrogens with zero attached hydrogens (tertiary/aromatic N) is 3. The summed E-state index contributed by atoms with van der Waals surface area (Å²) in [7, 11) is 0. The number of aromatic amines is 1. The fourth-order valence-electron chi connectivity index (χ4n) is 8.39. The first kappa shape index (κ1) is 30.0. The molecule has 43 heavy (non-hydrogen) atoms. The summed E-state index contributed by atoms with van der Waals surface area (Å²) in [5.41, 5.74) is 11.9. The number of hydrogen-bond acceptors (Lipinski definition) is 5. The molecule has 2 saturated heterocycles. The van der Waals surface area contributed by atoms with Crippen LogP contribution in [-0.2, 0) is 5.41 Å². The Bertz CT molecular complexity index is 1480. The highest BCUT2D eigenvalue weighted by Crippen LogP contribution is 2.66. The molecule has 0 bridgehead atoms. The third-order valence-electron chi connectivity index (χ3n) is 10.8. The van der Waals surface area contributed by atoms with E-state index in [0.29, 0.717) is 5.54 Å².